The van der Waals surface area contributed by atoms with Crippen molar-refractivity contribution < 1.29 is 9.59 Å². The molecule has 1 aliphatic heterocycles. The normalized spacial score (nSPS) is 14.5. The van der Waals surface area contributed by atoms with Gasteiger partial charge in [0.05, 0.1) is 5.57 Å². The van der Waals surface area contributed by atoms with Crippen LogP contribution in [0.2, 0.25) is 0 Å². The van der Waals surface area contributed by atoms with Gasteiger partial charge in [0, 0.05) is 34.5 Å². The number of H-pyrrole nitrogens is 1. The highest BCUT2D eigenvalue weighted by Gasteiger charge is 2.24. The van der Waals surface area contributed by atoms with Crippen molar-refractivity contribution >= 4 is 45.1 Å². The van der Waals surface area contributed by atoms with Crippen LogP contribution in [0, 0.1) is 0 Å². The summed E-state index contributed by atoms with van der Waals surface area (Å²) in [5.74, 6) is -0.297. The molecule has 142 valence electrons. The second-order valence-corrected chi connectivity index (χ2v) is 7.23. The summed E-state index contributed by atoms with van der Waals surface area (Å²) in [6, 6.07) is 9.19. The van der Waals surface area contributed by atoms with Crippen molar-refractivity contribution in [2.24, 2.45) is 0 Å². The van der Waals surface area contributed by atoms with E-state index in [4.69, 9.17) is 0 Å². The van der Waals surface area contributed by atoms with Crippen molar-refractivity contribution in [3.63, 3.8) is 0 Å². The maximum absolute atomic E-state index is 12.3. The van der Waals surface area contributed by atoms with Crippen molar-refractivity contribution in [1.82, 2.24) is 15.2 Å². The molecule has 2 amide bonds. The highest BCUT2D eigenvalue weighted by molar-refractivity contribution is 9.10. The fourth-order valence-corrected chi connectivity index (χ4v) is 3.41. The smallest absolute Gasteiger partial charge is 0.267 e. The van der Waals surface area contributed by atoms with Gasteiger partial charge in [0.1, 0.15) is 5.69 Å². The third kappa shape index (κ3) is 4.48. The molecule has 0 fully saturated rings. The van der Waals surface area contributed by atoms with Crippen LogP contribution in [0.15, 0.2) is 34.8 Å². The highest BCUT2D eigenvalue weighted by atomic mass is 79.9. The van der Waals surface area contributed by atoms with E-state index >= 15 is 0 Å². The van der Waals surface area contributed by atoms with Crippen LogP contribution < -0.4 is 10.6 Å². The lowest BCUT2D eigenvalue weighted by atomic mass is 10.1. The summed E-state index contributed by atoms with van der Waals surface area (Å²) in [6.45, 7) is 7.55. The van der Waals surface area contributed by atoms with E-state index in [1.54, 1.807) is 18.2 Å². The van der Waals surface area contributed by atoms with E-state index in [0.29, 0.717) is 23.5 Å². The molecule has 0 bridgehead atoms. The molecule has 7 heteroatoms. The first-order chi connectivity index (χ1) is 13.0. The number of hydrogen-bond acceptors (Lipinski definition) is 3. The number of carbonyl (C=O) groups is 2. The first-order valence-corrected chi connectivity index (χ1v) is 9.83. The van der Waals surface area contributed by atoms with Gasteiger partial charge in [0.25, 0.3) is 11.8 Å². The van der Waals surface area contributed by atoms with Crippen LogP contribution in [0.5, 0.6) is 0 Å². The Labute approximate surface area is 167 Å². The number of fused-ring (bicyclic) bond motifs is 1. The van der Waals surface area contributed by atoms with Crippen LogP contribution >= 0.6 is 15.9 Å². The van der Waals surface area contributed by atoms with Gasteiger partial charge in [-0.25, -0.2) is 0 Å². The van der Waals surface area contributed by atoms with E-state index in [-0.39, 0.29) is 11.8 Å². The summed E-state index contributed by atoms with van der Waals surface area (Å²) in [5, 5.41) is 5.77. The molecular weight excluding hydrogens is 408 g/mol. The van der Waals surface area contributed by atoms with Gasteiger partial charge >= 0.3 is 0 Å². The van der Waals surface area contributed by atoms with Crippen LogP contribution in [0.25, 0.3) is 11.6 Å². The van der Waals surface area contributed by atoms with E-state index in [0.717, 1.165) is 35.4 Å². The quantitative estimate of drug-likeness (QED) is 0.589. The molecular formula is C20H23BrN4O2. The third-order valence-corrected chi connectivity index (χ3v) is 5.12. The van der Waals surface area contributed by atoms with Gasteiger partial charge in [0.15, 0.2) is 0 Å². The Hall–Kier alpha value is -2.38. The second kappa shape index (κ2) is 8.54. The average molecular weight is 431 g/mol. The number of rotatable bonds is 7. The molecule has 2 aromatic rings. The van der Waals surface area contributed by atoms with Gasteiger partial charge in [-0.2, -0.15) is 0 Å². The topological polar surface area (TPSA) is 77.2 Å². The zero-order valence-electron chi connectivity index (χ0n) is 15.4. The van der Waals surface area contributed by atoms with Crippen LogP contribution in [0.3, 0.4) is 0 Å². The molecule has 3 rings (SSSR count). The summed E-state index contributed by atoms with van der Waals surface area (Å²) in [6.07, 6.45) is 1.76. The Kier molecular flexibility index (Phi) is 6.13. The molecule has 1 aliphatic rings. The summed E-state index contributed by atoms with van der Waals surface area (Å²) in [7, 11) is 0. The van der Waals surface area contributed by atoms with E-state index in [1.165, 1.54) is 0 Å². The lowest BCUT2D eigenvalue weighted by Crippen LogP contribution is -2.34. The molecule has 0 radical (unpaired) electrons. The number of amides is 2. The minimum Gasteiger partial charge on any atom is -0.351 e. The second-order valence-electron chi connectivity index (χ2n) is 6.31. The van der Waals surface area contributed by atoms with Crippen LogP contribution in [-0.4, -0.2) is 47.9 Å². The van der Waals surface area contributed by atoms with Crippen molar-refractivity contribution in [2.75, 3.05) is 31.5 Å². The maximum atomic E-state index is 12.3. The van der Waals surface area contributed by atoms with Crippen molar-refractivity contribution in [3.05, 3.63) is 51.8 Å². The lowest BCUT2D eigenvalue weighted by molar-refractivity contribution is -0.110. The first-order valence-electron chi connectivity index (χ1n) is 9.04. The van der Waals surface area contributed by atoms with Gasteiger partial charge < -0.3 is 20.5 Å². The molecule has 2 heterocycles. The number of benzene rings is 1. The highest BCUT2D eigenvalue weighted by Crippen LogP contribution is 2.34. The van der Waals surface area contributed by atoms with E-state index < -0.39 is 0 Å². The summed E-state index contributed by atoms with van der Waals surface area (Å²) in [4.78, 5) is 29.9. The van der Waals surface area contributed by atoms with Gasteiger partial charge in [-0.1, -0.05) is 29.8 Å². The molecule has 1 aromatic heterocycles. The molecule has 0 saturated heterocycles. The zero-order valence-corrected chi connectivity index (χ0v) is 17.0. The van der Waals surface area contributed by atoms with Crippen LogP contribution in [0.1, 0.15) is 35.6 Å². The Balaban J connectivity index is 1.69. The average Bonchev–Trinajstić information content (AvgIpc) is 3.24. The molecule has 0 spiro atoms. The summed E-state index contributed by atoms with van der Waals surface area (Å²) >= 11 is 3.43. The number of nitrogens with one attached hydrogen (secondary N) is 3. The molecule has 0 atom stereocenters. The van der Waals surface area contributed by atoms with Crippen molar-refractivity contribution in [1.29, 1.82) is 0 Å². The molecule has 0 aliphatic carbocycles. The number of likely N-dealkylation sites (N-methyl/N-ethyl adjacent to an activating group) is 1. The SMILES string of the molecule is CCN(CC)CCNC(=O)c1ccc(/C=C2\C(=O)Nc3ccc(Br)cc32)[nH]1. The van der Waals surface area contributed by atoms with Crippen molar-refractivity contribution in [3.8, 4) is 0 Å². The number of halogens is 1. The van der Waals surface area contributed by atoms with Gasteiger partial charge in [-0.15, -0.1) is 0 Å². The molecule has 0 unspecified atom stereocenters. The fourth-order valence-electron chi connectivity index (χ4n) is 3.05. The van der Waals surface area contributed by atoms with Crippen LogP contribution in [-0.2, 0) is 4.79 Å². The Morgan fingerprint density at radius 3 is 2.74 bits per heavy atom. The first kappa shape index (κ1) is 19.4. The maximum Gasteiger partial charge on any atom is 0.267 e. The summed E-state index contributed by atoms with van der Waals surface area (Å²) in [5.41, 5.74) is 3.39. The minimum absolute atomic E-state index is 0.147. The minimum atomic E-state index is -0.150. The zero-order chi connectivity index (χ0) is 19.4. The molecule has 27 heavy (non-hydrogen) atoms. The van der Waals surface area contributed by atoms with Crippen molar-refractivity contribution in [2.45, 2.75) is 13.8 Å². The summed E-state index contributed by atoms with van der Waals surface area (Å²) < 4.78 is 0.906. The standard InChI is InChI=1S/C20H23BrN4O2/c1-3-25(4-2)10-9-22-20(27)18-8-6-14(23-18)12-16-15-11-13(21)5-7-17(15)24-19(16)26/h5-8,11-12,23H,3-4,9-10H2,1-2H3,(H,22,27)(H,24,26)/b16-12-. The number of nitrogens with zero attached hydrogens (tertiary/aromatic N) is 1. The Bertz CT molecular complexity index is 884. The molecule has 3 N–H and O–H groups in total. The van der Waals surface area contributed by atoms with Gasteiger partial charge in [0.2, 0.25) is 0 Å². The van der Waals surface area contributed by atoms with Gasteiger partial charge in [-0.3, -0.25) is 9.59 Å². The Morgan fingerprint density at radius 1 is 1.22 bits per heavy atom. The number of hydrogen-bond donors (Lipinski definition) is 3. The van der Waals surface area contributed by atoms with Gasteiger partial charge in [-0.05, 0) is 49.5 Å². The number of aromatic nitrogens is 1. The lowest BCUT2D eigenvalue weighted by Gasteiger charge is -2.17. The monoisotopic (exact) mass is 430 g/mol. The van der Waals surface area contributed by atoms with Crippen LogP contribution in [0.4, 0.5) is 5.69 Å². The number of aromatic amines is 1. The predicted molar refractivity (Wildman–Crippen MR) is 112 cm³/mol. The third-order valence-electron chi connectivity index (χ3n) is 4.63. The largest absolute Gasteiger partial charge is 0.351 e. The number of carbonyl (C=O) groups excluding carboxylic acids is 2. The predicted octanol–water partition coefficient (Wildman–Crippen LogP) is 3.34. The van der Waals surface area contributed by atoms with E-state index in [2.05, 4.69) is 50.3 Å². The number of anilines is 1. The fraction of sp³-hybridized carbons (Fsp3) is 0.300. The molecule has 0 saturated carbocycles. The molecule has 1 aromatic carbocycles. The van der Waals surface area contributed by atoms with E-state index in [9.17, 15) is 9.59 Å². The molecule has 6 nitrogen and oxygen atoms in total. The van der Waals surface area contributed by atoms with E-state index in [1.807, 2.05) is 18.2 Å². The Morgan fingerprint density at radius 2 is 2.00 bits per heavy atom.